The van der Waals surface area contributed by atoms with Gasteiger partial charge in [0.1, 0.15) is 11.3 Å². The van der Waals surface area contributed by atoms with Crippen LogP contribution in [0, 0.1) is 0 Å². The fourth-order valence-corrected chi connectivity index (χ4v) is 1.90. The van der Waals surface area contributed by atoms with Crippen LogP contribution in [0.4, 0.5) is 0 Å². The van der Waals surface area contributed by atoms with Crippen LogP contribution in [-0.2, 0) is 0 Å². The van der Waals surface area contributed by atoms with Gasteiger partial charge in [0.2, 0.25) is 0 Å². The number of hydrogen-bond acceptors (Lipinski definition) is 4. The fourth-order valence-electron chi connectivity index (χ4n) is 1.90. The van der Waals surface area contributed by atoms with Gasteiger partial charge in [-0.25, -0.2) is 4.79 Å². The van der Waals surface area contributed by atoms with Gasteiger partial charge >= 0.3 is 5.76 Å². The molecule has 88 valence electrons. The Balaban J connectivity index is 2.42. The zero-order valence-corrected chi connectivity index (χ0v) is 9.33. The third-order valence-corrected chi connectivity index (χ3v) is 2.70. The first-order chi connectivity index (χ1) is 8.75. The lowest BCUT2D eigenvalue weighted by molar-refractivity contribution is 0.476. The van der Waals surface area contributed by atoms with E-state index in [1.807, 2.05) is 6.07 Å². The van der Waals surface area contributed by atoms with Crippen LogP contribution >= 0.6 is 0 Å². The molecule has 3 rings (SSSR count). The quantitative estimate of drug-likeness (QED) is 0.708. The van der Waals surface area contributed by atoms with Gasteiger partial charge in [-0.15, -0.1) is 0 Å². The molecule has 4 nitrogen and oxygen atoms in total. The predicted molar refractivity (Wildman–Crippen MR) is 67.4 cm³/mol. The summed E-state index contributed by atoms with van der Waals surface area (Å²) in [7, 11) is 0. The number of fused-ring (bicyclic) bond motifs is 1. The van der Waals surface area contributed by atoms with E-state index in [2.05, 4.69) is 4.98 Å². The molecule has 2 aromatic carbocycles. The zero-order valence-electron chi connectivity index (χ0n) is 9.33. The summed E-state index contributed by atoms with van der Waals surface area (Å²) in [6.45, 7) is 0. The molecule has 1 aromatic heterocycles. The van der Waals surface area contributed by atoms with Gasteiger partial charge in [-0.05, 0) is 24.3 Å². The topological polar surface area (TPSA) is 63.3 Å². The van der Waals surface area contributed by atoms with Crippen molar-refractivity contribution in [2.75, 3.05) is 0 Å². The monoisotopic (exact) mass is 239 g/mol. The van der Waals surface area contributed by atoms with E-state index >= 15 is 0 Å². The number of nitrogens with zero attached hydrogens (tertiary/aromatic N) is 1. The number of hydrogen-bond donors (Lipinski definition) is 1. The van der Waals surface area contributed by atoms with Gasteiger partial charge in [-0.1, -0.05) is 24.3 Å². The third kappa shape index (κ3) is 1.64. The molecule has 0 atom stereocenters. The Bertz CT molecular complexity index is 777. The van der Waals surface area contributed by atoms with Crippen LogP contribution < -0.4 is 5.76 Å². The molecule has 0 aliphatic heterocycles. The molecule has 0 amide bonds. The second-order valence-electron chi connectivity index (χ2n) is 3.84. The van der Waals surface area contributed by atoms with E-state index in [0.717, 1.165) is 0 Å². The number of aromatic nitrogens is 1. The summed E-state index contributed by atoms with van der Waals surface area (Å²) in [5.41, 5.74) is 1.40. The van der Waals surface area contributed by atoms with Crippen LogP contribution in [0.15, 0.2) is 57.7 Å². The highest BCUT2D eigenvalue weighted by Crippen LogP contribution is 2.31. The summed E-state index contributed by atoms with van der Waals surface area (Å²) >= 11 is 0. The smallest absolute Gasteiger partial charge is 0.439 e. The summed E-state index contributed by atoms with van der Waals surface area (Å²) in [6, 6.07) is 13.9. The number of para-hydroxylation sites is 2. The van der Waals surface area contributed by atoms with E-state index in [1.165, 1.54) is 0 Å². The van der Waals surface area contributed by atoms with E-state index in [9.17, 15) is 9.90 Å². The highest BCUT2D eigenvalue weighted by molar-refractivity contribution is 5.92. The van der Waals surface area contributed by atoms with E-state index < -0.39 is 5.76 Å². The number of phenols is 1. The molecular formula is C14H9NO3. The van der Waals surface area contributed by atoms with Gasteiger partial charge in [0.05, 0.1) is 5.69 Å². The van der Waals surface area contributed by atoms with Crippen molar-refractivity contribution in [3.8, 4) is 17.0 Å². The molecule has 0 saturated carbocycles. The molecule has 0 aliphatic carbocycles. The first-order valence-electron chi connectivity index (χ1n) is 5.44. The molecule has 18 heavy (non-hydrogen) atoms. The Labute approximate surface area is 102 Å². The van der Waals surface area contributed by atoms with Crippen molar-refractivity contribution in [1.29, 1.82) is 0 Å². The lowest BCUT2D eigenvalue weighted by Crippen LogP contribution is -2.05. The van der Waals surface area contributed by atoms with Gasteiger partial charge in [-0.3, -0.25) is 0 Å². The van der Waals surface area contributed by atoms with Crippen molar-refractivity contribution in [2.24, 2.45) is 0 Å². The van der Waals surface area contributed by atoms with E-state index in [-0.39, 0.29) is 5.75 Å². The van der Waals surface area contributed by atoms with Crippen LogP contribution in [0.25, 0.3) is 22.2 Å². The van der Waals surface area contributed by atoms with Crippen molar-refractivity contribution in [3.63, 3.8) is 0 Å². The molecule has 1 N–H and O–H groups in total. The molecule has 3 aromatic rings. The minimum atomic E-state index is -0.674. The standard InChI is InChI=1S/C14H9NO3/c16-11-7-3-1-5-9(11)13-10-6-2-4-8-12(10)18-14(17)15-13/h1-8,16H. The summed E-state index contributed by atoms with van der Waals surface area (Å²) in [4.78, 5) is 15.3. The highest BCUT2D eigenvalue weighted by Gasteiger charge is 2.11. The largest absolute Gasteiger partial charge is 0.507 e. The maximum absolute atomic E-state index is 11.4. The fraction of sp³-hybridized carbons (Fsp3) is 0. The molecule has 0 unspecified atom stereocenters. The average molecular weight is 239 g/mol. The first-order valence-corrected chi connectivity index (χ1v) is 5.44. The van der Waals surface area contributed by atoms with Gasteiger partial charge in [-0.2, -0.15) is 4.98 Å². The highest BCUT2D eigenvalue weighted by atomic mass is 16.4. The minimum Gasteiger partial charge on any atom is -0.507 e. The van der Waals surface area contributed by atoms with Crippen LogP contribution in [0.5, 0.6) is 5.75 Å². The van der Waals surface area contributed by atoms with Crippen LogP contribution in [-0.4, -0.2) is 10.1 Å². The summed E-state index contributed by atoms with van der Waals surface area (Å²) in [6.07, 6.45) is 0. The lowest BCUT2D eigenvalue weighted by atomic mass is 10.1. The second-order valence-corrected chi connectivity index (χ2v) is 3.84. The third-order valence-electron chi connectivity index (χ3n) is 2.70. The summed E-state index contributed by atoms with van der Waals surface area (Å²) in [5, 5.41) is 10.5. The van der Waals surface area contributed by atoms with Gasteiger partial charge in [0.15, 0.2) is 0 Å². The van der Waals surface area contributed by atoms with Crippen LogP contribution in [0.1, 0.15) is 0 Å². The molecule has 0 radical (unpaired) electrons. The number of aromatic hydroxyl groups is 1. The Morgan fingerprint density at radius 2 is 1.72 bits per heavy atom. The Kier molecular flexibility index (Phi) is 2.34. The Morgan fingerprint density at radius 1 is 1.00 bits per heavy atom. The molecule has 0 bridgehead atoms. The summed E-state index contributed by atoms with van der Waals surface area (Å²) in [5.74, 6) is -0.590. The molecule has 0 fully saturated rings. The van der Waals surface area contributed by atoms with Crippen molar-refractivity contribution < 1.29 is 9.52 Å². The van der Waals surface area contributed by atoms with E-state index in [0.29, 0.717) is 22.2 Å². The predicted octanol–water partition coefficient (Wildman–Crippen LogP) is 2.56. The summed E-state index contributed by atoms with van der Waals surface area (Å²) < 4.78 is 5.02. The second kappa shape index (κ2) is 4.00. The van der Waals surface area contributed by atoms with Gasteiger partial charge < -0.3 is 9.52 Å². The van der Waals surface area contributed by atoms with Crippen LogP contribution in [0.2, 0.25) is 0 Å². The lowest BCUT2D eigenvalue weighted by Gasteiger charge is -2.05. The van der Waals surface area contributed by atoms with Crippen molar-refractivity contribution >= 4 is 11.0 Å². The maximum atomic E-state index is 11.4. The van der Waals surface area contributed by atoms with Crippen molar-refractivity contribution in [3.05, 3.63) is 59.1 Å². The number of benzene rings is 2. The Morgan fingerprint density at radius 3 is 2.56 bits per heavy atom. The zero-order chi connectivity index (χ0) is 12.5. The molecule has 1 heterocycles. The van der Waals surface area contributed by atoms with Gasteiger partial charge in [0.25, 0.3) is 0 Å². The Hall–Kier alpha value is -2.62. The SMILES string of the molecule is O=c1nc(-c2ccccc2O)c2ccccc2o1. The number of phenolic OH excluding ortho intramolecular Hbond substituents is 1. The molecular weight excluding hydrogens is 230 g/mol. The van der Waals surface area contributed by atoms with E-state index in [1.54, 1.807) is 42.5 Å². The minimum absolute atomic E-state index is 0.0840. The van der Waals surface area contributed by atoms with Gasteiger partial charge in [0, 0.05) is 10.9 Å². The molecule has 0 aliphatic rings. The molecule has 0 saturated heterocycles. The van der Waals surface area contributed by atoms with Crippen molar-refractivity contribution in [1.82, 2.24) is 4.98 Å². The molecule has 4 heteroatoms. The normalized spacial score (nSPS) is 10.7. The van der Waals surface area contributed by atoms with Crippen LogP contribution in [0.3, 0.4) is 0 Å². The van der Waals surface area contributed by atoms with E-state index in [4.69, 9.17) is 4.42 Å². The van der Waals surface area contributed by atoms with Crippen molar-refractivity contribution in [2.45, 2.75) is 0 Å². The number of rotatable bonds is 1. The molecule has 0 spiro atoms. The maximum Gasteiger partial charge on any atom is 0.439 e. The first kappa shape index (κ1) is 10.5. The average Bonchev–Trinajstić information content (AvgIpc) is 2.38.